The van der Waals surface area contributed by atoms with E-state index in [0.29, 0.717) is 4.88 Å². The number of fused-ring (bicyclic) bond motifs is 1. The molecule has 0 spiro atoms. The Kier molecular flexibility index (Phi) is 5.87. The summed E-state index contributed by atoms with van der Waals surface area (Å²) in [5.41, 5.74) is 9.18. The van der Waals surface area contributed by atoms with Crippen LogP contribution in [0.4, 0.5) is 0 Å². The summed E-state index contributed by atoms with van der Waals surface area (Å²) in [6.45, 7) is 2.25. The zero-order valence-electron chi connectivity index (χ0n) is 14.8. The van der Waals surface area contributed by atoms with Crippen LogP contribution in [0, 0.1) is 0 Å². The van der Waals surface area contributed by atoms with E-state index in [-0.39, 0.29) is 5.91 Å². The number of aryl methyl sites for hydroxylation is 1. The summed E-state index contributed by atoms with van der Waals surface area (Å²) < 4.78 is 1.10. The number of hydrogen-bond acceptors (Lipinski definition) is 2. The van der Waals surface area contributed by atoms with Crippen molar-refractivity contribution in [3.63, 3.8) is 0 Å². The van der Waals surface area contributed by atoms with Crippen LogP contribution in [-0.2, 0) is 6.42 Å². The first kappa shape index (κ1) is 17.7. The molecular formula is C22H25NOS. The Morgan fingerprint density at radius 3 is 2.36 bits per heavy atom. The monoisotopic (exact) mass is 351 g/mol. The van der Waals surface area contributed by atoms with Crippen LogP contribution < -0.4 is 5.73 Å². The largest absolute Gasteiger partial charge is 0.365 e. The molecule has 0 bridgehead atoms. The maximum absolute atomic E-state index is 11.3. The second-order valence-electron chi connectivity index (χ2n) is 6.59. The van der Waals surface area contributed by atoms with Gasteiger partial charge in [0.2, 0.25) is 0 Å². The van der Waals surface area contributed by atoms with Crippen molar-refractivity contribution in [1.29, 1.82) is 0 Å². The maximum Gasteiger partial charge on any atom is 0.258 e. The topological polar surface area (TPSA) is 43.1 Å². The van der Waals surface area contributed by atoms with E-state index in [1.54, 1.807) is 0 Å². The van der Waals surface area contributed by atoms with Crippen LogP contribution >= 0.6 is 11.3 Å². The van der Waals surface area contributed by atoms with Crippen LogP contribution in [0.2, 0.25) is 0 Å². The average Bonchev–Trinajstić information content (AvgIpc) is 3.06. The normalized spacial score (nSPS) is 11.1. The van der Waals surface area contributed by atoms with E-state index in [0.717, 1.165) is 16.5 Å². The minimum absolute atomic E-state index is 0.356. The SMILES string of the molecule is CCCCCCCc1ccc(-c2ccc3sc(C(N)=O)cc3c2)cc1. The van der Waals surface area contributed by atoms with Crippen LogP contribution in [0.1, 0.15) is 54.3 Å². The minimum atomic E-state index is -0.356. The molecule has 130 valence electrons. The Balaban J connectivity index is 1.69. The predicted octanol–water partition coefficient (Wildman–Crippen LogP) is 6.18. The summed E-state index contributed by atoms with van der Waals surface area (Å²) in [6.07, 6.45) is 7.76. The van der Waals surface area contributed by atoms with Crippen molar-refractivity contribution in [2.75, 3.05) is 0 Å². The molecule has 2 aromatic carbocycles. The highest BCUT2D eigenvalue weighted by Gasteiger charge is 2.08. The Morgan fingerprint density at radius 2 is 1.64 bits per heavy atom. The molecule has 0 radical (unpaired) electrons. The quantitative estimate of drug-likeness (QED) is 0.484. The van der Waals surface area contributed by atoms with Gasteiger partial charge >= 0.3 is 0 Å². The lowest BCUT2D eigenvalue weighted by molar-refractivity contribution is 0.100. The molecule has 0 unspecified atom stereocenters. The van der Waals surface area contributed by atoms with Gasteiger partial charge in [0.1, 0.15) is 0 Å². The van der Waals surface area contributed by atoms with E-state index >= 15 is 0 Å². The Bertz CT molecular complexity index is 848. The van der Waals surface area contributed by atoms with Crippen molar-refractivity contribution in [1.82, 2.24) is 0 Å². The zero-order chi connectivity index (χ0) is 17.6. The van der Waals surface area contributed by atoms with Gasteiger partial charge < -0.3 is 5.73 Å². The zero-order valence-corrected chi connectivity index (χ0v) is 15.6. The number of carbonyl (C=O) groups excluding carboxylic acids is 1. The highest BCUT2D eigenvalue weighted by atomic mass is 32.1. The maximum atomic E-state index is 11.3. The second-order valence-corrected chi connectivity index (χ2v) is 7.67. The summed E-state index contributed by atoms with van der Waals surface area (Å²) in [6, 6.07) is 17.1. The van der Waals surface area contributed by atoms with E-state index in [2.05, 4.69) is 49.4 Å². The van der Waals surface area contributed by atoms with Crippen LogP contribution in [0.25, 0.3) is 21.2 Å². The first-order valence-corrected chi connectivity index (χ1v) is 9.91. The first-order valence-electron chi connectivity index (χ1n) is 9.10. The molecule has 1 aromatic heterocycles. The number of amides is 1. The molecule has 0 aliphatic rings. The summed E-state index contributed by atoms with van der Waals surface area (Å²) in [5, 5.41) is 1.08. The second kappa shape index (κ2) is 8.30. The van der Waals surface area contributed by atoms with Crippen LogP contribution in [-0.4, -0.2) is 5.91 Å². The molecule has 3 aromatic rings. The van der Waals surface area contributed by atoms with E-state index in [9.17, 15) is 4.79 Å². The van der Waals surface area contributed by atoms with Gasteiger partial charge in [-0.15, -0.1) is 11.3 Å². The fourth-order valence-electron chi connectivity index (χ4n) is 3.14. The van der Waals surface area contributed by atoms with Crippen molar-refractivity contribution >= 4 is 27.3 Å². The third-order valence-corrected chi connectivity index (χ3v) is 5.75. The lowest BCUT2D eigenvalue weighted by atomic mass is 10.00. The fraction of sp³-hybridized carbons (Fsp3) is 0.318. The molecule has 1 amide bonds. The third kappa shape index (κ3) is 4.49. The molecule has 0 aliphatic carbocycles. The van der Waals surface area contributed by atoms with Crippen molar-refractivity contribution < 1.29 is 4.79 Å². The number of nitrogens with two attached hydrogens (primary N) is 1. The molecule has 0 atom stereocenters. The smallest absolute Gasteiger partial charge is 0.258 e. The molecule has 3 heteroatoms. The van der Waals surface area contributed by atoms with Crippen LogP contribution in [0.3, 0.4) is 0 Å². The number of rotatable bonds is 8. The van der Waals surface area contributed by atoms with Gasteiger partial charge in [0, 0.05) is 4.70 Å². The predicted molar refractivity (Wildman–Crippen MR) is 108 cm³/mol. The summed E-state index contributed by atoms with van der Waals surface area (Å²) >= 11 is 1.45. The van der Waals surface area contributed by atoms with Gasteiger partial charge in [0.05, 0.1) is 4.88 Å². The van der Waals surface area contributed by atoms with Gasteiger partial charge in [0.25, 0.3) is 5.91 Å². The molecule has 3 rings (SSSR count). The van der Waals surface area contributed by atoms with Gasteiger partial charge in [-0.05, 0) is 53.1 Å². The number of benzene rings is 2. The van der Waals surface area contributed by atoms with Gasteiger partial charge in [0.15, 0.2) is 0 Å². The van der Waals surface area contributed by atoms with Crippen molar-refractivity contribution in [3.05, 3.63) is 59.0 Å². The van der Waals surface area contributed by atoms with Crippen LogP contribution in [0.5, 0.6) is 0 Å². The Morgan fingerprint density at radius 1 is 0.920 bits per heavy atom. The average molecular weight is 352 g/mol. The summed E-state index contributed by atoms with van der Waals surface area (Å²) in [5.74, 6) is -0.356. The van der Waals surface area contributed by atoms with E-state index in [4.69, 9.17) is 5.73 Å². The van der Waals surface area contributed by atoms with Crippen molar-refractivity contribution in [3.8, 4) is 11.1 Å². The van der Waals surface area contributed by atoms with Gasteiger partial charge in [-0.3, -0.25) is 4.79 Å². The number of primary amides is 1. The molecule has 0 fully saturated rings. The summed E-state index contributed by atoms with van der Waals surface area (Å²) in [7, 11) is 0. The fourth-order valence-corrected chi connectivity index (χ4v) is 4.04. The van der Waals surface area contributed by atoms with Crippen molar-refractivity contribution in [2.24, 2.45) is 5.73 Å². The Hall–Kier alpha value is -2.13. The van der Waals surface area contributed by atoms with E-state index < -0.39 is 0 Å². The first-order chi connectivity index (χ1) is 12.2. The number of carbonyl (C=O) groups is 1. The van der Waals surface area contributed by atoms with Gasteiger partial charge in [-0.1, -0.05) is 62.9 Å². The van der Waals surface area contributed by atoms with Gasteiger partial charge in [-0.25, -0.2) is 0 Å². The lowest BCUT2D eigenvalue weighted by Gasteiger charge is -2.05. The molecule has 0 saturated heterocycles. The molecule has 2 nitrogen and oxygen atoms in total. The highest BCUT2D eigenvalue weighted by molar-refractivity contribution is 7.20. The third-order valence-electron chi connectivity index (χ3n) is 4.62. The molecule has 2 N–H and O–H groups in total. The molecule has 0 saturated carbocycles. The van der Waals surface area contributed by atoms with Gasteiger partial charge in [-0.2, -0.15) is 0 Å². The number of hydrogen-bond donors (Lipinski definition) is 1. The molecule has 0 aliphatic heterocycles. The molecule has 25 heavy (non-hydrogen) atoms. The highest BCUT2D eigenvalue weighted by Crippen LogP contribution is 2.30. The van der Waals surface area contributed by atoms with E-state index in [1.165, 1.54) is 60.1 Å². The minimum Gasteiger partial charge on any atom is -0.365 e. The number of thiophene rings is 1. The lowest BCUT2D eigenvalue weighted by Crippen LogP contribution is -2.07. The van der Waals surface area contributed by atoms with Crippen molar-refractivity contribution in [2.45, 2.75) is 45.4 Å². The van der Waals surface area contributed by atoms with Crippen LogP contribution in [0.15, 0.2) is 48.5 Å². The van der Waals surface area contributed by atoms with E-state index in [1.807, 2.05) is 6.07 Å². The standard InChI is InChI=1S/C22H25NOS/c1-2-3-4-5-6-7-16-8-10-17(11-9-16)18-12-13-20-19(14-18)15-21(25-20)22(23)24/h8-15H,2-7H2,1H3,(H2,23,24). The number of unbranched alkanes of at least 4 members (excludes halogenated alkanes) is 4. The summed E-state index contributed by atoms with van der Waals surface area (Å²) in [4.78, 5) is 12.0. The molecular weight excluding hydrogens is 326 g/mol. The molecule has 1 heterocycles. The Labute approximate surface area is 153 Å².